The number of Topliss-reactive ketones (excluding diaryl/α,β-unsaturated/α-hetero) is 1. The van der Waals surface area contributed by atoms with Crippen molar-refractivity contribution in [1.82, 2.24) is 14.6 Å². The van der Waals surface area contributed by atoms with Crippen LogP contribution >= 0.6 is 11.8 Å². The van der Waals surface area contributed by atoms with Crippen LogP contribution in [0.1, 0.15) is 22.8 Å². The van der Waals surface area contributed by atoms with E-state index in [0.29, 0.717) is 16.4 Å². The normalized spacial score (nSPS) is 11.1. The van der Waals surface area contributed by atoms with E-state index in [-0.39, 0.29) is 17.4 Å². The molecule has 0 radical (unpaired) electrons. The minimum Gasteiger partial charge on any atom is -0.325 e. The SMILES string of the molecule is CC(=O)c1ccccc1NC(=O)CSc1nnc2cc(C)c3ccccc3n12. The number of carbonyl (C=O) groups is 2. The summed E-state index contributed by atoms with van der Waals surface area (Å²) in [6, 6.07) is 17.0. The van der Waals surface area contributed by atoms with Crippen LogP contribution in [0.15, 0.2) is 59.8 Å². The molecule has 0 aliphatic rings. The fraction of sp³-hybridized carbons (Fsp3) is 0.143. The Labute approximate surface area is 166 Å². The molecule has 0 bridgehead atoms. The monoisotopic (exact) mass is 390 g/mol. The number of ketones is 1. The number of anilines is 1. The number of carbonyl (C=O) groups excluding carboxylic acids is 2. The lowest BCUT2D eigenvalue weighted by molar-refractivity contribution is -0.113. The number of amides is 1. The van der Waals surface area contributed by atoms with E-state index in [1.54, 1.807) is 24.3 Å². The maximum atomic E-state index is 12.4. The average Bonchev–Trinajstić information content (AvgIpc) is 3.10. The molecule has 2 aromatic heterocycles. The molecule has 0 fully saturated rings. The van der Waals surface area contributed by atoms with Crippen molar-refractivity contribution < 1.29 is 9.59 Å². The Morgan fingerprint density at radius 2 is 1.82 bits per heavy atom. The van der Waals surface area contributed by atoms with Gasteiger partial charge in [0.25, 0.3) is 0 Å². The summed E-state index contributed by atoms with van der Waals surface area (Å²) >= 11 is 1.31. The van der Waals surface area contributed by atoms with E-state index in [4.69, 9.17) is 0 Å². The molecule has 140 valence electrons. The van der Waals surface area contributed by atoms with Gasteiger partial charge in [-0.05, 0) is 43.7 Å². The van der Waals surface area contributed by atoms with Gasteiger partial charge >= 0.3 is 0 Å². The molecular weight excluding hydrogens is 372 g/mol. The summed E-state index contributed by atoms with van der Waals surface area (Å²) in [6.07, 6.45) is 0. The quantitative estimate of drug-likeness (QED) is 0.410. The second-order valence-electron chi connectivity index (χ2n) is 6.46. The van der Waals surface area contributed by atoms with Gasteiger partial charge in [-0.15, -0.1) is 10.2 Å². The van der Waals surface area contributed by atoms with Crippen LogP contribution in [0.5, 0.6) is 0 Å². The number of aryl methyl sites for hydroxylation is 1. The van der Waals surface area contributed by atoms with Crippen LogP contribution in [0.4, 0.5) is 5.69 Å². The number of thioether (sulfide) groups is 1. The van der Waals surface area contributed by atoms with Gasteiger partial charge in [-0.25, -0.2) is 0 Å². The van der Waals surface area contributed by atoms with Gasteiger partial charge in [0.2, 0.25) is 5.91 Å². The molecule has 4 rings (SSSR count). The predicted molar refractivity (Wildman–Crippen MR) is 111 cm³/mol. The largest absolute Gasteiger partial charge is 0.325 e. The van der Waals surface area contributed by atoms with E-state index >= 15 is 0 Å². The molecule has 2 aromatic carbocycles. The standard InChI is InChI=1S/C21H18N4O2S/c1-13-11-19-23-24-21(25(19)18-10-6-4-7-15(13)18)28-12-20(27)22-17-9-5-3-8-16(17)14(2)26/h3-11H,12H2,1-2H3,(H,22,27). The summed E-state index contributed by atoms with van der Waals surface area (Å²) < 4.78 is 1.96. The van der Waals surface area contributed by atoms with Crippen LogP contribution in [0.2, 0.25) is 0 Å². The van der Waals surface area contributed by atoms with Crippen LogP contribution in [0.3, 0.4) is 0 Å². The summed E-state index contributed by atoms with van der Waals surface area (Å²) in [5.74, 6) is -0.129. The number of hydrogen-bond acceptors (Lipinski definition) is 5. The Bertz CT molecular complexity index is 1220. The van der Waals surface area contributed by atoms with Crippen LogP contribution in [0, 0.1) is 6.92 Å². The highest BCUT2D eigenvalue weighted by Crippen LogP contribution is 2.26. The maximum Gasteiger partial charge on any atom is 0.234 e. The van der Waals surface area contributed by atoms with E-state index in [1.807, 2.05) is 35.6 Å². The molecule has 1 amide bonds. The smallest absolute Gasteiger partial charge is 0.234 e. The minimum atomic E-state index is -0.202. The average molecular weight is 390 g/mol. The summed E-state index contributed by atoms with van der Waals surface area (Å²) in [5.41, 5.74) is 3.90. The lowest BCUT2D eigenvalue weighted by Crippen LogP contribution is -2.16. The van der Waals surface area contributed by atoms with E-state index in [9.17, 15) is 9.59 Å². The zero-order chi connectivity index (χ0) is 19.7. The van der Waals surface area contributed by atoms with Gasteiger partial charge in [-0.1, -0.05) is 42.1 Å². The molecule has 4 aromatic rings. The Morgan fingerprint density at radius 3 is 2.64 bits per heavy atom. The van der Waals surface area contributed by atoms with Crippen molar-refractivity contribution in [2.75, 3.05) is 11.1 Å². The lowest BCUT2D eigenvalue weighted by atomic mass is 10.1. The number of fused-ring (bicyclic) bond motifs is 3. The summed E-state index contributed by atoms with van der Waals surface area (Å²) in [4.78, 5) is 24.1. The first-order chi connectivity index (χ1) is 13.5. The fourth-order valence-corrected chi connectivity index (χ4v) is 3.94. The van der Waals surface area contributed by atoms with Gasteiger partial charge in [0.05, 0.1) is 17.0 Å². The van der Waals surface area contributed by atoms with Crippen LogP contribution in [0.25, 0.3) is 16.6 Å². The van der Waals surface area contributed by atoms with Crippen LogP contribution in [-0.4, -0.2) is 32.0 Å². The van der Waals surface area contributed by atoms with Crippen molar-refractivity contribution in [3.63, 3.8) is 0 Å². The van der Waals surface area contributed by atoms with Crippen molar-refractivity contribution >= 4 is 45.7 Å². The van der Waals surface area contributed by atoms with E-state index in [1.165, 1.54) is 18.7 Å². The van der Waals surface area contributed by atoms with E-state index in [2.05, 4.69) is 21.6 Å². The topological polar surface area (TPSA) is 76.4 Å². The summed E-state index contributed by atoms with van der Waals surface area (Å²) in [6.45, 7) is 3.53. The predicted octanol–water partition coefficient (Wildman–Crippen LogP) is 4.12. The highest BCUT2D eigenvalue weighted by atomic mass is 32.2. The molecule has 0 aliphatic heterocycles. The molecule has 2 heterocycles. The third-order valence-electron chi connectivity index (χ3n) is 4.49. The molecule has 1 N–H and O–H groups in total. The summed E-state index contributed by atoms with van der Waals surface area (Å²) in [5, 5.41) is 13.1. The molecule has 0 unspecified atom stereocenters. The number of pyridine rings is 1. The second kappa shape index (κ2) is 7.44. The van der Waals surface area contributed by atoms with E-state index in [0.717, 1.165) is 22.1 Å². The number of para-hydroxylation sites is 2. The third-order valence-corrected chi connectivity index (χ3v) is 5.42. The van der Waals surface area contributed by atoms with Crippen molar-refractivity contribution in [3.05, 3.63) is 65.7 Å². The number of rotatable bonds is 5. The molecule has 0 atom stereocenters. The van der Waals surface area contributed by atoms with Gasteiger partial charge < -0.3 is 5.32 Å². The highest BCUT2D eigenvalue weighted by molar-refractivity contribution is 7.99. The van der Waals surface area contributed by atoms with Crippen LogP contribution in [-0.2, 0) is 4.79 Å². The second-order valence-corrected chi connectivity index (χ2v) is 7.40. The van der Waals surface area contributed by atoms with Gasteiger partial charge in [0, 0.05) is 10.9 Å². The molecule has 6 nitrogen and oxygen atoms in total. The van der Waals surface area contributed by atoms with Crippen molar-refractivity contribution in [2.24, 2.45) is 0 Å². The number of aromatic nitrogens is 3. The van der Waals surface area contributed by atoms with Crippen LogP contribution < -0.4 is 5.32 Å². The Balaban J connectivity index is 1.58. The lowest BCUT2D eigenvalue weighted by Gasteiger charge is -2.09. The molecule has 0 saturated carbocycles. The van der Waals surface area contributed by atoms with Gasteiger partial charge in [-0.2, -0.15) is 0 Å². The zero-order valence-corrected chi connectivity index (χ0v) is 16.3. The first kappa shape index (κ1) is 18.2. The first-order valence-electron chi connectivity index (χ1n) is 8.80. The van der Waals surface area contributed by atoms with Gasteiger partial charge in [0.1, 0.15) is 0 Å². The van der Waals surface area contributed by atoms with E-state index < -0.39 is 0 Å². The van der Waals surface area contributed by atoms with Gasteiger partial charge in [0.15, 0.2) is 16.6 Å². The Hall–Kier alpha value is -3.19. The van der Waals surface area contributed by atoms with Crippen molar-refractivity contribution in [1.29, 1.82) is 0 Å². The molecule has 28 heavy (non-hydrogen) atoms. The molecule has 7 heteroatoms. The highest BCUT2D eigenvalue weighted by Gasteiger charge is 2.14. The maximum absolute atomic E-state index is 12.4. The van der Waals surface area contributed by atoms with Crippen molar-refractivity contribution in [3.8, 4) is 0 Å². The van der Waals surface area contributed by atoms with Crippen molar-refractivity contribution in [2.45, 2.75) is 19.0 Å². The molecule has 0 saturated heterocycles. The molecule has 0 aliphatic carbocycles. The minimum absolute atomic E-state index is 0.0890. The zero-order valence-electron chi connectivity index (χ0n) is 15.5. The number of nitrogens with zero attached hydrogens (tertiary/aromatic N) is 3. The van der Waals surface area contributed by atoms with Gasteiger partial charge in [-0.3, -0.25) is 14.0 Å². The first-order valence-corrected chi connectivity index (χ1v) is 9.79. The molecular formula is C21H18N4O2S. The number of nitrogens with one attached hydrogen (secondary N) is 1. The summed E-state index contributed by atoms with van der Waals surface area (Å²) in [7, 11) is 0. The fourth-order valence-electron chi connectivity index (χ4n) is 3.18. The molecule has 0 spiro atoms. The number of benzene rings is 2. The Morgan fingerprint density at radius 1 is 1.07 bits per heavy atom. The third kappa shape index (κ3) is 3.36. The Kier molecular flexibility index (Phi) is 4.83. The number of hydrogen-bond donors (Lipinski definition) is 1.